The van der Waals surface area contributed by atoms with Gasteiger partial charge in [0.05, 0.1) is 19.8 Å². The number of hydrogen-bond acceptors (Lipinski definition) is 4. The molecule has 0 spiro atoms. The number of amides is 1. The lowest BCUT2D eigenvalue weighted by atomic mass is 10.1. The summed E-state index contributed by atoms with van der Waals surface area (Å²) < 4.78 is 16.5. The molecule has 2 aromatic carbocycles. The number of methoxy groups -OCH3 is 1. The van der Waals surface area contributed by atoms with Gasteiger partial charge < -0.3 is 19.5 Å². The summed E-state index contributed by atoms with van der Waals surface area (Å²) in [7, 11) is 1.60. The third-order valence-corrected chi connectivity index (χ3v) is 4.03. The van der Waals surface area contributed by atoms with E-state index >= 15 is 0 Å². The first-order valence-corrected chi connectivity index (χ1v) is 8.91. The Morgan fingerprint density at radius 2 is 1.73 bits per heavy atom. The molecule has 5 heteroatoms. The van der Waals surface area contributed by atoms with Gasteiger partial charge in [-0.3, -0.25) is 4.79 Å². The normalized spacial score (nSPS) is 12.8. The fourth-order valence-corrected chi connectivity index (χ4v) is 2.57. The predicted octanol–water partition coefficient (Wildman–Crippen LogP) is 4.13. The van der Waals surface area contributed by atoms with E-state index in [-0.39, 0.29) is 11.9 Å². The summed E-state index contributed by atoms with van der Waals surface area (Å²) in [6.45, 7) is 6.45. The van der Waals surface area contributed by atoms with E-state index < -0.39 is 6.10 Å². The van der Waals surface area contributed by atoms with Crippen LogP contribution in [-0.2, 0) is 4.79 Å². The molecule has 0 unspecified atom stereocenters. The Bertz CT molecular complexity index is 699. The molecule has 0 bridgehead atoms. The molecular formula is C21H27NO4. The van der Waals surface area contributed by atoms with Crippen LogP contribution in [0.2, 0.25) is 0 Å². The molecule has 2 aromatic rings. The van der Waals surface area contributed by atoms with Gasteiger partial charge in [-0.1, -0.05) is 25.1 Å². The minimum Gasteiger partial charge on any atom is -0.497 e. The van der Waals surface area contributed by atoms with Crippen LogP contribution in [0.4, 0.5) is 0 Å². The number of carbonyl (C=O) groups excluding carboxylic acids is 1. The van der Waals surface area contributed by atoms with Crippen LogP contribution < -0.4 is 19.5 Å². The van der Waals surface area contributed by atoms with Gasteiger partial charge in [0.1, 0.15) is 17.2 Å². The van der Waals surface area contributed by atoms with E-state index in [9.17, 15) is 4.79 Å². The molecule has 0 aliphatic rings. The first-order chi connectivity index (χ1) is 12.6. The van der Waals surface area contributed by atoms with E-state index in [0.29, 0.717) is 24.5 Å². The Hall–Kier alpha value is -2.69. The van der Waals surface area contributed by atoms with Crippen LogP contribution in [0.15, 0.2) is 48.5 Å². The van der Waals surface area contributed by atoms with Crippen LogP contribution in [0, 0.1) is 0 Å². The summed E-state index contributed by atoms with van der Waals surface area (Å²) in [6.07, 6.45) is 0.00577. The number of ether oxygens (including phenoxy) is 3. The molecule has 0 heterocycles. The van der Waals surface area contributed by atoms with Gasteiger partial charge in [0.25, 0.3) is 5.91 Å². The first-order valence-electron chi connectivity index (χ1n) is 8.91. The number of carbonyl (C=O) groups is 1. The molecule has 0 saturated carbocycles. The quantitative estimate of drug-likeness (QED) is 0.733. The van der Waals surface area contributed by atoms with Crippen molar-refractivity contribution in [1.29, 1.82) is 0 Å². The van der Waals surface area contributed by atoms with Crippen molar-refractivity contribution in [1.82, 2.24) is 5.32 Å². The molecule has 0 aliphatic heterocycles. The number of hydrogen-bond donors (Lipinski definition) is 1. The molecule has 0 aromatic heterocycles. The molecule has 0 aliphatic carbocycles. The summed E-state index contributed by atoms with van der Waals surface area (Å²) in [6, 6.07) is 14.9. The Morgan fingerprint density at radius 3 is 2.35 bits per heavy atom. The van der Waals surface area contributed by atoms with Crippen molar-refractivity contribution < 1.29 is 19.0 Å². The number of nitrogens with one attached hydrogen (secondary N) is 1. The lowest BCUT2D eigenvalue weighted by molar-refractivity contribution is -0.128. The number of rotatable bonds is 9. The van der Waals surface area contributed by atoms with Crippen LogP contribution in [0.3, 0.4) is 0 Å². The molecule has 0 fully saturated rings. The van der Waals surface area contributed by atoms with Gasteiger partial charge in [-0.05, 0) is 50.1 Å². The Kier molecular flexibility index (Phi) is 7.33. The van der Waals surface area contributed by atoms with Crippen molar-refractivity contribution in [2.45, 2.75) is 39.3 Å². The minimum atomic E-state index is -0.563. The van der Waals surface area contributed by atoms with Gasteiger partial charge in [-0.25, -0.2) is 0 Å². The molecule has 5 nitrogen and oxygen atoms in total. The van der Waals surface area contributed by atoms with Gasteiger partial charge >= 0.3 is 0 Å². The second kappa shape index (κ2) is 9.70. The molecule has 26 heavy (non-hydrogen) atoms. The van der Waals surface area contributed by atoms with E-state index in [1.165, 1.54) is 0 Å². The molecule has 2 atom stereocenters. The van der Waals surface area contributed by atoms with Crippen LogP contribution in [0.1, 0.15) is 38.8 Å². The Labute approximate surface area is 155 Å². The van der Waals surface area contributed by atoms with Gasteiger partial charge in [0, 0.05) is 6.07 Å². The molecule has 1 N–H and O–H groups in total. The van der Waals surface area contributed by atoms with Gasteiger partial charge in [0.15, 0.2) is 6.10 Å². The summed E-state index contributed by atoms with van der Waals surface area (Å²) in [5, 5.41) is 3.01. The van der Waals surface area contributed by atoms with Crippen molar-refractivity contribution >= 4 is 5.91 Å². The lowest BCUT2D eigenvalue weighted by Crippen LogP contribution is -2.39. The molecule has 0 radical (unpaired) electrons. The smallest absolute Gasteiger partial charge is 0.261 e. The summed E-state index contributed by atoms with van der Waals surface area (Å²) >= 11 is 0. The maximum atomic E-state index is 12.6. The fourth-order valence-electron chi connectivity index (χ4n) is 2.57. The maximum absolute atomic E-state index is 12.6. The SMILES string of the molecule is CCOc1ccc([C@H](C)NC(=O)[C@H](CC)Oc2cccc(OC)c2)cc1. The van der Waals surface area contributed by atoms with Crippen molar-refractivity contribution in [2.24, 2.45) is 0 Å². The van der Waals surface area contributed by atoms with E-state index in [2.05, 4.69) is 5.32 Å². The third-order valence-electron chi connectivity index (χ3n) is 4.03. The van der Waals surface area contributed by atoms with Crippen LogP contribution in [-0.4, -0.2) is 25.7 Å². The zero-order chi connectivity index (χ0) is 18.9. The van der Waals surface area contributed by atoms with Crippen molar-refractivity contribution in [3.05, 3.63) is 54.1 Å². The third kappa shape index (κ3) is 5.41. The van der Waals surface area contributed by atoms with Crippen molar-refractivity contribution in [2.75, 3.05) is 13.7 Å². The highest BCUT2D eigenvalue weighted by Gasteiger charge is 2.21. The lowest BCUT2D eigenvalue weighted by Gasteiger charge is -2.21. The second-order valence-corrected chi connectivity index (χ2v) is 5.93. The van der Waals surface area contributed by atoms with Crippen LogP contribution >= 0.6 is 0 Å². The zero-order valence-corrected chi connectivity index (χ0v) is 15.8. The monoisotopic (exact) mass is 357 g/mol. The van der Waals surface area contributed by atoms with E-state index in [1.54, 1.807) is 13.2 Å². The van der Waals surface area contributed by atoms with Crippen LogP contribution in [0.25, 0.3) is 0 Å². The van der Waals surface area contributed by atoms with Crippen molar-refractivity contribution in [3.8, 4) is 17.2 Å². The van der Waals surface area contributed by atoms with E-state index in [0.717, 1.165) is 11.3 Å². The predicted molar refractivity (Wildman–Crippen MR) is 102 cm³/mol. The summed E-state index contributed by atoms with van der Waals surface area (Å²) in [5.74, 6) is 1.99. The molecular weight excluding hydrogens is 330 g/mol. The highest BCUT2D eigenvalue weighted by molar-refractivity contribution is 5.81. The average Bonchev–Trinajstić information content (AvgIpc) is 2.67. The first kappa shape index (κ1) is 19.6. The van der Waals surface area contributed by atoms with Gasteiger partial charge in [-0.15, -0.1) is 0 Å². The number of benzene rings is 2. The zero-order valence-electron chi connectivity index (χ0n) is 15.8. The Balaban J connectivity index is 1.98. The molecule has 140 valence electrons. The maximum Gasteiger partial charge on any atom is 0.261 e. The highest BCUT2D eigenvalue weighted by atomic mass is 16.5. The van der Waals surface area contributed by atoms with Crippen molar-refractivity contribution in [3.63, 3.8) is 0 Å². The topological polar surface area (TPSA) is 56.8 Å². The summed E-state index contributed by atoms with van der Waals surface area (Å²) in [4.78, 5) is 12.6. The van der Waals surface area contributed by atoms with E-state index in [4.69, 9.17) is 14.2 Å². The fraction of sp³-hybridized carbons (Fsp3) is 0.381. The Morgan fingerprint density at radius 1 is 1.04 bits per heavy atom. The molecule has 0 saturated heterocycles. The second-order valence-electron chi connectivity index (χ2n) is 5.93. The summed E-state index contributed by atoms with van der Waals surface area (Å²) in [5.41, 5.74) is 1.01. The standard InChI is InChI=1S/C21H27NO4/c1-5-20(26-19-9-7-8-18(14-19)24-4)21(23)22-15(3)16-10-12-17(13-11-16)25-6-2/h7-15,20H,5-6H2,1-4H3,(H,22,23)/t15-,20-/m0/s1. The van der Waals surface area contributed by atoms with Gasteiger partial charge in [0.2, 0.25) is 0 Å². The van der Waals surface area contributed by atoms with Crippen LogP contribution in [0.5, 0.6) is 17.2 Å². The largest absolute Gasteiger partial charge is 0.497 e. The molecule has 1 amide bonds. The minimum absolute atomic E-state index is 0.124. The van der Waals surface area contributed by atoms with Gasteiger partial charge in [-0.2, -0.15) is 0 Å². The highest BCUT2D eigenvalue weighted by Crippen LogP contribution is 2.22. The molecule has 2 rings (SSSR count). The average molecular weight is 357 g/mol. The van der Waals surface area contributed by atoms with E-state index in [1.807, 2.05) is 63.2 Å².